The first kappa shape index (κ1) is 37.5. The van der Waals surface area contributed by atoms with Crippen molar-refractivity contribution < 1.29 is 76.4 Å². The van der Waals surface area contributed by atoms with E-state index in [-0.39, 0.29) is 0 Å². The highest BCUT2D eigenvalue weighted by Gasteiger charge is 2.83. The van der Waals surface area contributed by atoms with Crippen molar-refractivity contribution in [2.45, 2.75) is 94.0 Å². The van der Waals surface area contributed by atoms with Crippen molar-refractivity contribution in [3.8, 4) is 0 Å². The van der Waals surface area contributed by atoms with Gasteiger partial charge < -0.3 is 0 Å². The molecule has 0 aromatic carbocycles. The molecule has 0 aliphatic heterocycles. The molecule has 0 bridgehead atoms. The van der Waals surface area contributed by atoms with Gasteiger partial charge >= 0.3 is 55.2 Å². The summed E-state index contributed by atoms with van der Waals surface area (Å²) in [5.41, 5.74) is -19.8. The summed E-state index contributed by atoms with van der Waals surface area (Å²) < 4.78 is 206. The summed E-state index contributed by atoms with van der Waals surface area (Å²) in [5, 5.41) is -5.92. The molecule has 0 rings (SSSR count). The van der Waals surface area contributed by atoms with Crippen molar-refractivity contribution in [3.63, 3.8) is 0 Å². The third-order valence-corrected chi connectivity index (χ3v) is 31.7. The van der Waals surface area contributed by atoms with E-state index in [0.717, 1.165) is 62.3 Å². The lowest BCUT2D eigenvalue weighted by atomic mass is 10.2. The number of rotatable bonds is 7. The van der Waals surface area contributed by atoms with Gasteiger partial charge in [-0.3, -0.25) is 11.6 Å². The summed E-state index contributed by atoms with van der Waals surface area (Å²) in [6, 6.07) is 0. The maximum atomic E-state index is 13.4. The molecule has 0 amide bonds. The Bertz CT molecular complexity index is 1050. The summed E-state index contributed by atoms with van der Waals surface area (Å²) in [6.07, 6.45) is 0. The largest absolute Gasteiger partial charge is 0.522 e. The smallest absolute Gasteiger partial charge is 0.253 e. The zero-order valence-electron chi connectivity index (χ0n) is 21.3. The molecular weight excluding hydrogens is 648 g/mol. The molecular formula is C15H27F9O9S3Si2. The van der Waals surface area contributed by atoms with Crippen LogP contribution in [0.3, 0.4) is 0 Å². The van der Waals surface area contributed by atoms with Gasteiger partial charge in [0.1, 0.15) is 0 Å². The topological polar surface area (TPSA) is 130 Å². The van der Waals surface area contributed by atoms with E-state index in [9.17, 15) is 64.8 Å². The Labute approximate surface area is 216 Å². The summed E-state index contributed by atoms with van der Waals surface area (Å²) in [4.78, 5) is 0. The van der Waals surface area contributed by atoms with E-state index in [2.05, 4.69) is 11.6 Å². The Hall–Kier alpha value is -0.466. The maximum absolute atomic E-state index is 13.4. The van der Waals surface area contributed by atoms with Crippen LogP contribution in [0.1, 0.15) is 62.3 Å². The fourth-order valence-corrected chi connectivity index (χ4v) is 36.9. The van der Waals surface area contributed by atoms with Gasteiger partial charge in [0.15, 0.2) is 7.59 Å². The highest BCUT2D eigenvalue weighted by Crippen LogP contribution is 2.67. The minimum absolute atomic E-state index is 1.01. The van der Waals surface area contributed by atoms with E-state index < -0.39 is 77.9 Å². The predicted molar refractivity (Wildman–Crippen MR) is 119 cm³/mol. The van der Waals surface area contributed by atoms with Gasteiger partial charge in [-0.1, -0.05) is 62.3 Å². The Balaban J connectivity index is 8.83. The third-order valence-electron chi connectivity index (χ3n) is 5.34. The molecule has 9 nitrogen and oxygen atoms in total. The van der Waals surface area contributed by atoms with Crippen LogP contribution in [-0.4, -0.2) is 57.7 Å². The summed E-state index contributed by atoms with van der Waals surface area (Å²) >= 11 is 0. The van der Waals surface area contributed by atoms with Crippen molar-refractivity contribution in [3.05, 3.63) is 0 Å². The normalized spacial score (nSPS) is 16.6. The lowest BCUT2D eigenvalue weighted by Crippen LogP contribution is -2.81. The maximum Gasteiger partial charge on any atom is 0.522 e. The van der Waals surface area contributed by atoms with Crippen LogP contribution in [0, 0.1) is 0 Å². The minimum Gasteiger partial charge on any atom is -0.253 e. The van der Waals surface area contributed by atoms with Crippen molar-refractivity contribution in [1.82, 2.24) is 0 Å². The molecule has 0 saturated carbocycles. The van der Waals surface area contributed by atoms with Crippen LogP contribution in [0.15, 0.2) is 0 Å². The van der Waals surface area contributed by atoms with Crippen molar-refractivity contribution in [1.29, 1.82) is 0 Å². The Kier molecular flexibility index (Phi) is 9.70. The SMILES string of the molecule is CC(C)(C)[Si](C(C)(C)C)(C(C)(C)C)[Si](OS(=O)(=O)C(F)(F)F)(OS(=O)(=O)C(F)(F)F)OS(=O)(=O)C(F)(F)F. The second kappa shape index (κ2) is 9.82. The molecule has 0 unspecified atom stereocenters. The van der Waals surface area contributed by atoms with Gasteiger partial charge in [-0.15, -0.1) is 0 Å². The van der Waals surface area contributed by atoms with Crippen molar-refractivity contribution in [2.75, 3.05) is 0 Å². The minimum atomic E-state index is -7.50. The van der Waals surface area contributed by atoms with Gasteiger partial charge in [-0.25, -0.2) is 0 Å². The predicted octanol–water partition coefficient (Wildman–Crippen LogP) is 5.45. The van der Waals surface area contributed by atoms with Crippen LogP contribution < -0.4 is 0 Å². The van der Waals surface area contributed by atoms with Gasteiger partial charge in [0, 0.05) is 0 Å². The molecule has 230 valence electrons. The lowest BCUT2D eigenvalue weighted by Gasteiger charge is -2.61. The van der Waals surface area contributed by atoms with Gasteiger partial charge in [0.05, 0.1) is 0 Å². The molecule has 0 aromatic heterocycles. The van der Waals surface area contributed by atoms with Crippen LogP contribution >= 0.6 is 0 Å². The summed E-state index contributed by atoms with van der Waals surface area (Å²) in [5.74, 6) is 0. The molecule has 0 N–H and O–H groups in total. The molecule has 23 heteroatoms. The first-order valence-corrected chi connectivity index (χ1v) is 18.9. The van der Waals surface area contributed by atoms with Crippen LogP contribution in [0.25, 0.3) is 0 Å². The van der Waals surface area contributed by atoms with Gasteiger partial charge in [-0.2, -0.15) is 64.8 Å². The third kappa shape index (κ3) is 6.53. The standard InChI is InChI=1S/C15H27F9O9S3Si2/c1-10(2,3)37(11(4,5)6,12(7,8)9)38(31-34(25,26)13(16,17)18,32-35(27,28)14(19,20)21)33-36(29,30)15(22,23)24/h1-9H3. The molecule has 0 fully saturated rings. The first-order chi connectivity index (χ1) is 15.9. The van der Waals surface area contributed by atoms with Gasteiger partial charge in [0.25, 0.3) is 0 Å². The van der Waals surface area contributed by atoms with Crippen molar-refractivity contribution >= 4 is 46.3 Å². The molecule has 0 aliphatic carbocycles. The lowest BCUT2D eigenvalue weighted by molar-refractivity contribution is -0.0570. The van der Waals surface area contributed by atoms with E-state index >= 15 is 0 Å². The van der Waals surface area contributed by atoms with E-state index in [1.165, 1.54) is 0 Å². The van der Waals surface area contributed by atoms with Gasteiger partial charge in [0.2, 0.25) is 0 Å². The highest BCUT2D eigenvalue weighted by molar-refractivity contribution is 7.93. The van der Waals surface area contributed by atoms with E-state index in [1.807, 2.05) is 0 Å². The summed E-state index contributed by atoms with van der Waals surface area (Å²) in [7, 11) is -35.0. The average molecular weight is 675 g/mol. The zero-order valence-corrected chi connectivity index (χ0v) is 25.8. The molecule has 0 aromatic rings. The Morgan fingerprint density at radius 1 is 0.421 bits per heavy atom. The fourth-order valence-electron chi connectivity index (χ4n) is 5.56. The Morgan fingerprint density at radius 2 is 0.579 bits per heavy atom. The van der Waals surface area contributed by atoms with Crippen molar-refractivity contribution in [2.24, 2.45) is 0 Å². The molecule has 0 aliphatic rings. The monoisotopic (exact) mass is 674 g/mol. The summed E-state index contributed by atoms with van der Waals surface area (Å²) in [6.45, 7) is 9.07. The second-order valence-corrected chi connectivity index (χ2v) is 28.3. The Morgan fingerprint density at radius 3 is 0.684 bits per heavy atom. The highest BCUT2D eigenvalue weighted by atomic mass is 32.2. The molecule has 0 heterocycles. The quantitative estimate of drug-likeness (QED) is 0.197. The van der Waals surface area contributed by atoms with E-state index in [1.54, 1.807) is 0 Å². The van der Waals surface area contributed by atoms with E-state index in [4.69, 9.17) is 0 Å². The van der Waals surface area contributed by atoms with Crippen LogP contribution in [0.5, 0.6) is 0 Å². The van der Waals surface area contributed by atoms with Crippen LogP contribution in [0.4, 0.5) is 39.5 Å². The molecule has 0 radical (unpaired) electrons. The number of halogens is 9. The van der Waals surface area contributed by atoms with Crippen LogP contribution in [0.2, 0.25) is 15.1 Å². The molecule has 38 heavy (non-hydrogen) atoms. The average Bonchev–Trinajstić information content (AvgIpc) is 2.44. The molecule has 0 spiro atoms. The molecule has 0 saturated heterocycles. The van der Waals surface area contributed by atoms with Crippen LogP contribution in [-0.2, 0) is 42.0 Å². The first-order valence-electron chi connectivity index (χ1n) is 9.93. The molecule has 0 atom stereocenters. The van der Waals surface area contributed by atoms with Gasteiger partial charge in [-0.05, 0) is 15.1 Å². The number of hydrogen-bond donors (Lipinski definition) is 0. The second-order valence-electron chi connectivity index (χ2n) is 11.0. The zero-order chi connectivity index (χ0) is 31.6. The number of hydrogen-bond acceptors (Lipinski definition) is 9. The van der Waals surface area contributed by atoms with E-state index in [0.29, 0.717) is 0 Å². The fraction of sp³-hybridized carbons (Fsp3) is 1.00. The number of alkyl halides is 9.